The molecule has 3 heteroatoms. The second kappa shape index (κ2) is 7.09. The van der Waals surface area contributed by atoms with Crippen molar-refractivity contribution in [2.45, 2.75) is 19.8 Å². The van der Waals surface area contributed by atoms with Gasteiger partial charge in [-0.1, -0.05) is 44.2 Å². The van der Waals surface area contributed by atoms with E-state index in [0.29, 0.717) is 0 Å². The summed E-state index contributed by atoms with van der Waals surface area (Å²) in [6.07, 6.45) is 0. The Hall–Kier alpha value is -1.35. The lowest BCUT2D eigenvalue weighted by atomic mass is 10.00. The first-order valence-corrected chi connectivity index (χ1v) is 4.73. The summed E-state index contributed by atoms with van der Waals surface area (Å²) in [5.74, 6) is -1.45. The molecule has 1 unspecified atom stereocenters. The van der Waals surface area contributed by atoms with Crippen LogP contribution in [0.4, 0.5) is 0 Å². The summed E-state index contributed by atoms with van der Waals surface area (Å²) in [6, 6.07) is 9.00. The second-order valence-corrected chi connectivity index (χ2v) is 2.54. The third-order valence-electron chi connectivity index (χ3n) is 1.74. The molecule has 3 N–H and O–H groups in total. The third-order valence-corrected chi connectivity index (χ3v) is 1.74. The Morgan fingerprint density at radius 1 is 1.36 bits per heavy atom. The van der Waals surface area contributed by atoms with Crippen LogP contribution in [-0.2, 0) is 4.79 Å². The maximum Gasteiger partial charge on any atom is 0.312 e. The van der Waals surface area contributed by atoms with Crippen LogP contribution in [0.3, 0.4) is 0 Å². The van der Waals surface area contributed by atoms with Gasteiger partial charge in [-0.25, -0.2) is 0 Å². The highest BCUT2D eigenvalue weighted by Gasteiger charge is 2.16. The van der Waals surface area contributed by atoms with E-state index in [1.54, 1.807) is 24.3 Å². The fraction of sp³-hybridized carbons (Fsp3) is 0.364. The molecular formula is C11H17NO2. The van der Waals surface area contributed by atoms with Crippen LogP contribution >= 0.6 is 0 Å². The molecule has 0 heterocycles. The molecule has 0 saturated heterocycles. The van der Waals surface area contributed by atoms with E-state index in [1.165, 1.54) is 0 Å². The van der Waals surface area contributed by atoms with Gasteiger partial charge in [-0.3, -0.25) is 4.79 Å². The van der Waals surface area contributed by atoms with Gasteiger partial charge in [0.15, 0.2) is 0 Å². The van der Waals surface area contributed by atoms with Crippen molar-refractivity contribution >= 4 is 5.97 Å². The van der Waals surface area contributed by atoms with Crippen LogP contribution in [-0.4, -0.2) is 17.6 Å². The number of rotatable bonds is 3. The van der Waals surface area contributed by atoms with Crippen molar-refractivity contribution in [2.24, 2.45) is 5.73 Å². The van der Waals surface area contributed by atoms with Crippen LogP contribution in [0, 0.1) is 0 Å². The molecule has 1 rings (SSSR count). The number of carbonyl (C=O) groups is 1. The fourth-order valence-corrected chi connectivity index (χ4v) is 1.06. The van der Waals surface area contributed by atoms with Crippen molar-refractivity contribution in [3.05, 3.63) is 35.9 Å². The highest BCUT2D eigenvalue weighted by molar-refractivity contribution is 5.76. The van der Waals surface area contributed by atoms with Crippen molar-refractivity contribution in [3.63, 3.8) is 0 Å². The molecule has 0 aliphatic heterocycles. The molecular weight excluding hydrogens is 178 g/mol. The highest BCUT2D eigenvalue weighted by Crippen LogP contribution is 2.13. The molecule has 0 aromatic heterocycles. The van der Waals surface area contributed by atoms with Crippen molar-refractivity contribution in [1.29, 1.82) is 0 Å². The highest BCUT2D eigenvalue weighted by atomic mass is 16.4. The van der Waals surface area contributed by atoms with E-state index in [4.69, 9.17) is 10.8 Å². The van der Waals surface area contributed by atoms with Gasteiger partial charge in [0.1, 0.15) is 0 Å². The predicted molar refractivity (Wildman–Crippen MR) is 57.2 cm³/mol. The lowest BCUT2D eigenvalue weighted by Crippen LogP contribution is -2.20. The van der Waals surface area contributed by atoms with Crippen LogP contribution in [0.15, 0.2) is 30.3 Å². The normalized spacial score (nSPS) is 11.1. The van der Waals surface area contributed by atoms with Crippen molar-refractivity contribution < 1.29 is 9.90 Å². The Balaban J connectivity index is 0.000000791. The van der Waals surface area contributed by atoms with E-state index in [-0.39, 0.29) is 6.54 Å². The predicted octanol–water partition coefficient (Wildman–Crippen LogP) is 1.84. The fourth-order valence-electron chi connectivity index (χ4n) is 1.06. The molecule has 1 atom stereocenters. The van der Waals surface area contributed by atoms with Gasteiger partial charge in [-0.05, 0) is 5.56 Å². The zero-order valence-electron chi connectivity index (χ0n) is 8.60. The van der Waals surface area contributed by atoms with Crippen molar-refractivity contribution in [3.8, 4) is 0 Å². The van der Waals surface area contributed by atoms with E-state index >= 15 is 0 Å². The van der Waals surface area contributed by atoms with Gasteiger partial charge in [0.25, 0.3) is 0 Å². The summed E-state index contributed by atoms with van der Waals surface area (Å²) in [5.41, 5.74) is 6.08. The molecule has 0 fully saturated rings. The lowest BCUT2D eigenvalue weighted by molar-refractivity contribution is -0.138. The Morgan fingerprint density at radius 2 is 1.86 bits per heavy atom. The molecule has 0 spiro atoms. The van der Waals surface area contributed by atoms with Crippen LogP contribution < -0.4 is 5.73 Å². The van der Waals surface area contributed by atoms with E-state index in [2.05, 4.69) is 0 Å². The van der Waals surface area contributed by atoms with E-state index in [0.717, 1.165) is 5.56 Å². The smallest absolute Gasteiger partial charge is 0.312 e. The molecule has 0 saturated carbocycles. The average molecular weight is 195 g/mol. The van der Waals surface area contributed by atoms with Gasteiger partial charge >= 0.3 is 5.97 Å². The first-order chi connectivity index (χ1) is 6.75. The van der Waals surface area contributed by atoms with Gasteiger partial charge in [0, 0.05) is 6.54 Å². The first-order valence-electron chi connectivity index (χ1n) is 4.73. The average Bonchev–Trinajstić information content (AvgIpc) is 2.23. The largest absolute Gasteiger partial charge is 0.481 e. The molecule has 1 aromatic rings. The number of carboxylic acid groups (broad SMARTS) is 1. The molecule has 14 heavy (non-hydrogen) atoms. The van der Waals surface area contributed by atoms with E-state index in [1.807, 2.05) is 19.9 Å². The summed E-state index contributed by atoms with van der Waals surface area (Å²) >= 11 is 0. The van der Waals surface area contributed by atoms with E-state index < -0.39 is 11.9 Å². The summed E-state index contributed by atoms with van der Waals surface area (Å²) in [5, 5.41) is 8.75. The van der Waals surface area contributed by atoms with Crippen LogP contribution in [0.2, 0.25) is 0 Å². The number of hydrogen-bond acceptors (Lipinski definition) is 2. The maximum atomic E-state index is 10.7. The third kappa shape index (κ3) is 3.58. The number of carboxylic acids is 1. The lowest BCUT2D eigenvalue weighted by Gasteiger charge is -2.08. The van der Waals surface area contributed by atoms with Gasteiger partial charge < -0.3 is 10.8 Å². The topological polar surface area (TPSA) is 63.3 Å². The molecule has 1 aromatic carbocycles. The SMILES string of the molecule is CC.NCC(C(=O)O)c1ccccc1. The van der Waals surface area contributed by atoms with Crippen LogP contribution in [0.5, 0.6) is 0 Å². The number of nitrogens with two attached hydrogens (primary N) is 1. The van der Waals surface area contributed by atoms with Gasteiger partial charge in [0.2, 0.25) is 0 Å². The molecule has 0 bridgehead atoms. The number of benzene rings is 1. The number of aliphatic carboxylic acids is 1. The Morgan fingerprint density at radius 3 is 2.21 bits per heavy atom. The first kappa shape index (κ1) is 12.7. The standard InChI is InChI=1S/C9H11NO2.C2H6/c10-6-8(9(11)12)7-4-2-1-3-5-7;1-2/h1-5,8H,6,10H2,(H,11,12);1-2H3. The van der Waals surface area contributed by atoms with Gasteiger partial charge in [-0.15, -0.1) is 0 Å². The quantitative estimate of drug-likeness (QED) is 0.773. The van der Waals surface area contributed by atoms with Crippen LogP contribution in [0.1, 0.15) is 25.3 Å². The van der Waals surface area contributed by atoms with Gasteiger partial charge in [0.05, 0.1) is 5.92 Å². The van der Waals surface area contributed by atoms with Crippen molar-refractivity contribution in [1.82, 2.24) is 0 Å². The molecule has 0 aliphatic carbocycles. The summed E-state index contributed by atoms with van der Waals surface area (Å²) in [7, 11) is 0. The Bertz CT molecular complexity index is 259. The minimum absolute atomic E-state index is 0.138. The molecule has 0 aliphatic rings. The summed E-state index contributed by atoms with van der Waals surface area (Å²) in [6.45, 7) is 4.14. The zero-order chi connectivity index (χ0) is 11.0. The van der Waals surface area contributed by atoms with Crippen LogP contribution in [0.25, 0.3) is 0 Å². The molecule has 78 valence electrons. The Labute approximate surface area is 84.6 Å². The van der Waals surface area contributed by atoms with E-state index in [9.17, 15) is 4.79 Å². The zero-order valence-corrected chi connectivity index (χ0v) is 8.60. The Kier molecular flexibility index (Phi) is 6.41. The minimum atomic E-state index is -0.872. The molecule has 0 amide bonds. The number of hydrogen-bond donors (Lipinski definition) is 2. The monoisotopic (exact) mass is 195 g/mol. The minimum Gasteiger partial charge on any atom is -0.481 e. The summed E-state index contributed by atoms with van der Waals surface area (Å²) < 4.78 is 0. The summed E-state index contributed by atoms with van der Waals surface area (Å²) in [4.78, 5) is 10.7. The molecule has 3 nitrogen and oxygen atoms in total. The van der Waals surface area contributed by atoms with Gasteiger partial charge in [-0.2, -0.15) is 0 Å². The van der Waals surface area contributed by atoms with Crippen molar-refractivity contribution in [2.75, 3.05) is 6.54 Å². The molecule has 0 radical (unpaired) electrons. The maximum absolute atomic E-state index is 10.7. The second-order valence-electron chi connectivity index (χ2n) is 2.54.